The van der Waals surface area contributed by atoms with Gasteiger partial charge in [-0.3, -0.25) is 4.90 Å². The van der Waals surface area contributed by atoms with Gasteiger partial charge in [-0.15, -0.1) is 0 Å². The van der Waals surface area contributed by atoms with Gasteiger partial charge in [-0.05, 0) is 42.3 Å². The topological polar surface area (TPSA) is 29.3 Å². The maximum atomic E-state index is 6.29. The first-order chi connectivity index (χ1) is 8.59. The number of hydrogen-bond donors (Lipinski definition) is 1. The van der Waals surface area contributed by atoms with Crippen molar-refractivity contribution in [1.29, 1.82) is 0 Å². The molecular formula is C15H28N2S. The standard InChI is InChI=1S/C15H28N2S/c1-14(2)6-7-18-11-15(14,10-16)17-8-12-4-3-5-13(12)9-17/h12-13H,3-11,16H2,1-2H3. The summed E-state index contributed by atoms with van der Waals surface area (Å²) in [5, 5.41) is 0. The summed E-state index contributed by atoms with van der Waals surface area (Å²) in [6, 6.07) is 0. The molecule has 0 spiro atoms. The normalized spacial score (nSPS) is 44.2. The molecular weight excluding hydrogens is 240 g/mol. The van der Waals surface area contributed by atoms with Crippen LogP contribution in [0.2, 0.25) is 0 Å². The molecule has 3 fully saturated rings. The van der Waals surface area contributed by atoms with Crippen LogP contribution < -0.4 is 5.73 Å². The van der Waals surface area contributed by atoms with E-state index in [1.807, 2.05) is 0 Å². The van der Waals surface area contributed by atoms with Gasteiger partial charge in [0.05, 0.1) is 0 Å². The average Bonchev–Trinajstić information content (AvgIpc) is 2.89. The van der Waals surface area contributed by atoms with E-state index in [9.17, 15) is 0 Å². The van der Waals surface area contributed by atoms with Crippen molar-refractivity contribution in [1.82, 2.24) is 4.90 Å². The van der Waals surface area contributed by atoms with Crippen molar-refractivity contribution in [2.24, 2.45) is 23.0 Å². The van der Waals surface area contributed by atoms with Gasteiger partial charge in [0.1, 0.15) is 0 Å². The summed E-state index contributed by atoms with van der Waals surface area (Å²) in [5.41, 5.74) is 6.93. The molecule has 104 valence electrons. The van der Waals surface area contributed by atoms with Crippen LogP contribution in [-0.4, -0.2) is 41.6 Å². The average molecular weight is 268 g/mol. The zero-order valence-electron chi connectivity index (χ0n) is 12.0. The number of rotatable bonds is 2. The minimum atomic E-state index is 0.264. The Morgan fingerprint density at radius 3 is 2.44 bits per heavy atom. The summed E-state index contributed by atoms with van der Waals surface area (Å²) in [7, 11) is 0. The van der Waals surface area contributed by atoms with E-state index in [0.29, 0.717) is 5.41 Å². The first-order valence-electron chi connectivity index (χ1n) is 7.62. The van der Waals surface area contributed by atoms with Crippen molar-refractivity contribution >= 4 is 11.8 Å². The van der Waals surface area contributed by atoms with Crippen molar-refractivity contribution in [2.45, 2.75) is 45.1 Å². The van der Waals surface area contributed by atoms with Gasteiger partial charge in [0.15, 0.2) is 0 Å². The number of thioether (sulfide) groups is 1. The monoisotopic (exact) mass is 268 g/mol. The number of fused-ring (bicyclic) bond motifs is 1. The van der Waals surface area contributed by atoms with E-state index in [-0.39, 0.29) is 5.54 Å². The first kappa shape index (κ1) is 13.3. The maximum Gasteiger partial charge on any atom is 0.0473 e. The highest BCUT2D eigenvalue weighted by Gasteiger charge is 2.53. The van der Waals surface area contributed by atoms with Gasteiger partial charge in [-0.25, -0.2) is 0 Å². The van der Waals surface area contributed by atoms with E-state index in [2.05, 4.69) is 30.5 Å². The Bertz CT molecular complexity index is 306. The van der Waals surface area contributed by atoms with Gasteiger partial charge in [0.2, 0.25) is 0 Å². The molecule has 2 aliphatic heterocycles. The van der Waals surface area contributed by atoms with E-state index >= 15 is 0 Å². The quantitative estimate of drug-likeness (QED) is 0.834. The highest BCUT2D eigenvalue weighted by Crippen LogP contribution is 2.49. The molecule has 0 amide bonds. The molecule has 0 aromatic rings. The van der Waals surface area contributed by atoms with Crippen molar-refractivity contribution in [3.63, 3.8) is 0 Å². The molecule has 2 heterocycles. The zero-order valence-corrected chi connectivity index (χ0v) is 12.8. The number of nitrogens with two attached hydrogens (primary N) is 1. The Morgan fingerprint density at radius 1 is 1.22 bits per heavy atom. The lowest BCUT2D eigenvalue weighted by Crippen LogP contribution is -2.65. The molecule has 0 radical (unpaired) electrons. The summed E-state index contributed by atoms with van der Waals surface area (Å²) in [6.07, 6.45) is 5.72. The van der Waals surface area contributed by atoms with Crippen LogP contribution in [0.15, 0.2) is 0 Å². The molecule has 3 aliphatic rings. The van der Waals surface area contributed by atoms with Gasteiger partial charge in [-0.2, -0.15) is 11.8 Å². The van der Waals surface area contributed by atoms with Crippen LogP contribution in [0.1, 0.15) is 39.5 Å². The van der Waals surface area contributed by atoms with Crippen LogP contribution in [0.4, 0.5) is 0 Å². The first-order valence-corrected chi connectivity index (χ1v) is 8.77. The number of nitrogens with zero attached hydrogens (tertiary/aromatic N) is 1. The minimum Gasteiger partial charge on any atom is -0.329 e. The Hall–Kier alpha value is 0.270. The lowest BCUT2D eigenvalue weighted by atomic mass is 9.69. The van der Waals surface area contributed by atoms with Gasteiger partial charge < -0.3 is 5.73 Å². The Balaban J connectivity index is 1.83. The second-order valence-corrected chi connectivity index (χ2v) is 8.38. The van der Waals surface area contributed by atoms with Gasteiger partial charge >= 0.3 is 0 Å². The Labute approximate surface area is 116 Å². The molecule has 0 aromatic carbocycles. The molecule has 3 atom stereocenters. The minimum absolute atomic E-state index is 0.264. The predicted molar refractivity (Wildman–Crippen MR) is 79.9 cm³/mol. The second kappa shape index (κ2) is 4.68. The lowest BCUT2D eigenvalue weighted by molar-refractivity contribution is 0.0128. The molecule has 2 saturated heterocycles. The number of likely N-dealkylation sites (tertiary alicyclic amines) is 1. The smallest absolute Gasteiger partial charge is 0.0473 e. The van der Waals surface area contributed by atoms with Crippen LogP contribution in [0, 0.1) is 17.3 Å². The Morgan fingerprint density at radius 2 is 1.89 bits per heavy atom. The molecule has 2 N–H and O–H groups in total. The maximum absolute atomic E-state index is 6.29. The largest absolute Gasteiger partial charge is 0.329 e. The third-order valence-corrected chi connectivity index (χ3v) is 7.32. The third-order valence-electron chi connectivity index (χ3n) is 6.14. The fraction of sp³-hybridized carbons (Fsp3) is 1.00. The zero-order chi connectivity index (χ0) is 12.8. The van der Waals surface area contributed by atoms with Crippen LogP contribution >= 0.6 is 11.8 Å². The van der Waals surface area contributed by atoms with E-state index in [1.165, 1.54) is 50.3 Å². The highest BCUT2D eigenvalue weighted by atomic mass is 32.2. The predicted octanol–water partition coefficient (Wildman–Crippen LogP) is 2.58. The van der Waals surface area contributed by atoms with Gasteiger partial charge in [-0.1, -0.05) is 20.3 Å². The van der Waals surface area contributed by atoms with Crippen molar-refractivity contribution in [2.75, 3.05) is 31.1 Å². The summed E-state index contributed by atoms with van der Waals surface area (Å²) >= 11 is 2.12. The summed E-state index contributed by atoms with van der Waals surface area (Å²) in [5.74, 6) is 4.53. The molecule has 3 rings (SSSR count). The fourth-order valence-corrected chi connectivity index (χ4v) is 6.39. The van der Waals surface area contributed by atoms with E-state index < -0.39 is 0 Å². The molecule has 1 aliphatic carbocycles. The molecule has 0 bridgehead atoms. The van der Waals surface area contributed by atoms with E-state index in [1.54, 1.807) is 0 Å². The van der Waals surface area contributed by atoms with E-state index in [4.69, 9.17) is 5.73 Å². The van der Waals surface area contributed by atoms with Crippen molar-refractivity contribution < 1.29 is 0 Å². The second-order valence-electron chi connectivity index (χ2n) is 7.28. The summed E-state index contributed by atoms with van der Waals surface area (Å²) in [4.78, 5) is 2.80. The third kappa shape index (κ3) is 1.85. The van der Waals surface area contributed by atoms with Crippen LogP contribution in [0.25, 0.3) is 0 Å². The SMILES string of the molecule is CC1(C)CCSCC1(CN)N1CC2CCCC2C1. The molecule has 1 saturated carbocycles. The van der Waals surface area contributed by atoms with E-state index in [0.717, 1.165) is 18.4 Å². The van der Waals surface area contributed by atoms with Crippen molar-refractivity contribution in [3.05, 3.63) is 0 Å². The summed E-state index contributed by atoms with van der Waals surface area (Å²) < 4.78 is 0. The highest BCUT2D eigenvalue weighted by molar-refractivity contribution is 7.99. The van der Waals surface area contributed by atoms with Crippen LogP contribution in [0.3, 0.4) is 0 Å². The number of hydrogen-bond acceptors (Lipinski definition) is 3. The van der Waals surface area contributed by atoms with Gasteiger partial charge in [0, 0.05) is 30.9 Å². The van der Waals surface area contributed by atoms with Crippen LogP contribution in [-0.2, 0) is 0 Å². The Kier molecular flexibility index (Phi) is 3.44. The molecule has 3 unspecified atom stereocenters. The van der Waals surface area contributed by atoms with Gasteiger partial charge in [0.25, 0.3) is 0 Å². The van der Waals surface area contributed by atoms with Crippen molar-refractivity contribution in [3.8, 4) is 0 Å². The summed E-state index contributed by atoms with van der Waals surface area (Å²) in [6.45, 7) is 8.39. The molecule has 0 aromatic heterocycles. The lowest BCUT2D eigenvalue weighted by Gasteiger charge is -2.55. The van der Waals surface area contributed by atoms with Crippen LogP contribution in [0.5, 0.6) is 0 Å². The fourth-order valence-electron chi connectivity index (χ4n) is 4.56. The molecule has 3 heteroatoms. The molecule has 2 nitrogen and oxygen atoms in total. The molecule has 18 heavy (non-hydrogen) atoms.